The average molecular weight is 577 g/mol. The number of morpholine rings is 1. The number of ether oxygens (including phenoxy) is 3. The fourth-order valence-corrected chi connectivity index (χ4v) is 5.83. The van der Waals surface area contributed by atoms with Crippen molar-refractivity contribution in [3.8, 4) is 5.75 Å². The molecule has 6 heterocycles. The molecule has 3 fully saturated rings. The van der Waals surface area contributed by atoms with E-state index in [2.05, 4.69) is 25.1 Å². The quantitative estimate of drug-likeness (QED) is 0.572. The van der Waals surface area contributed by atoms with Crippen LogP contribution in [0.15, 0.2) is 18.3 Å². The van der Waals surface area contributed by atoms with E-state index in [1.54, 1.807) is 17.2 Å². The predicted molar refractivity (Wildman–Crippen MR) is 145 cm³/mol. The Hall–Kier alpha value is -3.32. The van der Waals surface area contributed by atoms with E-state index < -0.39 is 17.5 Å². The Morgan fingerprint density at radius 3 is 2.59 bits per heavy atom. The first-order chi connectivity index (χ1) is 19.5. The largest absolute Gasteiger partial charge is 0.484 e. The van der Waals surface area contributed by atoms with Crippen LogP contribution in [0, 0.1) is 0 Å². The fourth-order valence-electron chi connectivity index (χ4n) is 5.83. The summed E-state index contributed by atoms with van der Waals surface area (Å²) in [6.45, 7) is 10.2. The average Bonchev–Trinajstić information content (AvgIpc) is 3.28. The number of likely N-dealkylation sites (tertiary alicyclic amines) is 2. The highest BCUT2D eigenvalue weighted by Gasteiger charge is 2.43. The van der Waals surface area contributed by atoms with Gasteiger partial charge < -0.3 is 29.3 Å². The first kappa shape index (κ1) is 27.8. The van der Waals surface area contributed by atoms with E-state index in [-0.39, 0.29) is 36.1 Å². The maximum Gasteiger partial charge on any atom is 0.437 e. The summed E-state index contributed by atoms with van der Waals surface area (Å²) in [5.41, 5.74) is 0.537. The van der Waals surface area contributed by atoms with Crippen LogP contribution in [-0.2, 0) is 22.3 Å². The molecule has 3 saturated heterocycles. The van der Waals surface area contributed by atoms with Gasteiger partial charge in [0.05, 0.1) is 24.5 Å². The van der Waals surface area contributed by atoms with E-state index in [4.69, 9.17) is 14.2 Å². The van der Waals surface area contributed by atoms with E-state index in [1.165, 1.54) is 0 Å². The van der Waals surface area contributed by atoms with Crippen molar-refractivity contribution >= 4 is 23.3 Å². The number of aromatic nitrogens is 2. The Kier molecular flexibility index (Phi) is 7.13. The molecule has 2 aromatic heterocycles. The molecule has 6 rings (SSSR count). The minimum atomic E-state index is -4.69. The number of hydrogen-bond donors (Lipinski definition) is 1. The Labute approximate surface area is 236 Å². The minimum Gasteiger partial charge on any atom is -0.484 e. The standard InChI is InChI=1S/C28H35F3N6O4/c1-27(2,3)41-26(38)36-7-5-18(15-36)37-13-17(14-37)20-12-21-23(24(33-20)28(29,30)31)40-16-19-22(4-6-32-25(19)34-21)35-8-10-39-11-9-35/h4,6,12,17-18H,5,7-11,13-16H2,1-3H3,(H,32,34)/t18-/m1/s1. The van der Waals surface area contributed by atoms with Crippen LogP contribution in [0.1, 0.15) is 50.1 Å². The maximum absolute atomic E-state index is 14.3. The van der Waals surface area contributed by atoms with Crippen LogP contribution in [-0.4, -0.2) is 90.0 Å². The van der Waals surface area contributed by atoms with Gasteiger partial charge in [0, 0.05) is 68.8 Å². The number of carbonyl (C=O) groups excluding carboxylic acids is 1. The summed E-state index contributed by atoms with van der Waals surface area (Å²) < 4.78 is 59.6. The number of anilines is 3. The molecule has 1 N–H and O–H groups in total. The van der Waals surface area contributed by atoms with Gasteiger partial charge >= 0.3 is 12.3 Å². The zero-order valence-corrected chi connectivity index (χ0v) is 23.5. The zero-order valence-electron chi connectivity index (χ0n) is 23.5. The summed E-state index contributed by atoms with van der Waals surface area (Å²) in [5, 5.41) is 3.14. The van der Waals surface area contributed by atoms with Crippen LogP contribution in [0.4, 0.5) is 35.2 Å². The Morgan fingerprint density at radius 1 is 1.12 bits per heavy atom. The molecular weight excluding hydrogens is 541 g/mol. The van der Waals surface area contributed by atoms with E-state index in [1.807, 2.05) is 26.8 Å². The minimum absolute atomic E-state index is 0.0625. The Balaban J connectivity index is 1.20. The lowest BCUT2D eigenvalue weighted by molar-refractivity contribution is -0.142. The molecule has 0 spiro atoms. The van der Waals surface area contributed by atoms with Gasteiger partial charge in [-0.15, -0.1) is 0 Å². The van der Waals surface area contributed by atoms with Crippen LogP contribution in [0.5, 0.6) is 5.75 Å². The summed E-state index contributed by atoms with van der Waals surface area (Å²) in [7, 11) is 0. The molecule has 2 aromatic rings. The van der Waals surface area contributed by atoms with Crippen molar-refractivity contribution in [1.82, 2.24) is 19.8 Å². The third-order valence-corrected chi connectivity index (χ3v) is 7.92. The molecule has 13 heteroatoms. The number of fused-ring (bicyclic) bond motifs is 2. The predicted octanol–water partition coefficient (Wildman–Crippen LogP) is 4.38. The van der Waals surface area contributed by atoms with Crippen molar-refractivity contribution in [1.29, 1.82) is 0 Å². The summed E-state index contributed by atoms with van der Waals surface area (Å²) in [6, 6.07) is 3.65. The zero-order chi connectivity index (χ0) is 28.9. The summed E-state index contributed by atoms with van der Waals surface area (Å²) >= 11 is 0. The third kappa shape index (κ3) is 5.74. The van der Waals surface area contributed by atoms with E-state index in [0.29, 0.717) is 69.6 Å². The molecule has 4 aliphatic rings. The van der Waals surface area contributed by atoms with Crippen LogP contribution in [0.2, 0.25) is 0 Å². The van der Waals surface area contributed by atoms with Crippen molar-refractivity contribution in [3.05, 3.63) is 35.3 Å². The van der Waals surface area contributed by atoms with Gasteiger partial charge in [0.15, 0.2) is 11.4 Å². The molecule has 1 atom stereocenters. The second-order valence-corrected chi connectivity index (χ2v) is 12.0. The molecule has 0 unspecified atom stereocenters. The second kappa shape index (κ2) is 10.5. The number of carbonyl (C=O) groups is 1. The highest BCUT2D eigenvalue weighted by Crippen LogP contribution is 2.45. The number of nitrogens with one attached hydrogen (secondary N) is 1. The van der Waals surface area contributed by atoms with Gasteiger partial charge in [-0.3, -0.25) is 4.90 Å². The number of nitrogens with zero attached hydrogens (tertiary/aromatic N) is 5. The SMILES string of the molecule is CC(C)(C)OC(=O)N1CC[C@@H](N2CC(c3cc4c(c(C(F)(F)F)n3)OCc3c(N5CCOCC5)ccnc3N4)C2)C1. The molecule has 0 bridgehead atoms. The second-order valence-electron chi connectivity index (χ2n) is 12.0. The van der Waals surface area contributed by atoms with Crippen molar-refractivity contribution in [2.45, 2.75) is 57.5 Å². The van der Waals surface area contributed by atoms with Gasteiger partial charge in [-0.25, -0.2) is 14.8 Å². The summed E-state index contributed by atoms with van der Waals surface area (Å²) in [4.78, 5) is 27.0. The molecular formula is C28H35F3N6O4. The molecule has 0 aromatic carbocycles. The summed E-state index contributed by atoms with van der Waals surface area (Å²) in [5.74, 6) is -0.0114. The molecule has 1 amide bonds. The molecule has 41 heavy (non-hydrogen) atoms. The van der Waals surface area contributed by atoms with Gasteiger partial charge in [0.25, 0.3) is 0 Å². The van der Waals surface area contributed by atoms with Crippen molar-refractivity contribution < 1.29 is 32.2 Å². The molecule has 0 radical (unpaired) electrons. The van der Waals surface area contributed by atoms with E-state index >= 15 is 0 Å². The van der Waals surface area contributed by atoms with Gasteiger partial charge in [-0.1, -0.05) is 0 Å². The molecule has 4 aliphatic heterocycles. The summed E-state index contributed by atoms with van der Waals surface area (Å²) in [6.07, 6.45) is -2.58. The maximum atomic E-state index is 14.3. The van der Waals surface area contributed by atoms with Crippen molar-refractivity contribution in [2.75, 3.05) is 62.7 Å². The topological polar surface area (TPSA) is 92.3 Å². The molecule has 0 saturated carbocycles. The van der Waals surface area contributed by atoms with Crippen LogP contribution in [0.25, 0.3) is 0 Å². The van der Waals surface area contributed by atoms with Crippen LogP contribution >= 0.6 is 0 Å². The number of alkyl halides is 3. The monoisotopic (exact) mass is 576 g/mol. The first-order valence-electron chi connectivity index (χ1n) is 14.0. The Bertz CT molecular complexity index is 1300. The van der Waals surface area contributed by atoms with Crippen LogP contribution in [0.3, 0.4) is 0 Å². The Morgan fingerprint density at radius 2 is 1.88 bits per heavy atom. The third-order valence-electron chi connectivity index (χ3n) is 7.92. The number of halogens is 3. The van der Waals surface area contributed by atoms with Gasteiger partial charge in [0.1, 0.15) is 18.0 Å². The lowest BCUT2D eigenvalue weighted by Gasteiger charge is -2.43. The van der Waals surface area contributed by atoms with Gasteiger partial charge in [0.2, 0.25) is 0 Å². The van der Waals surface area contributed by atoms with Crippen LogP contribution < -0.4 is 15.0 Å². The van der Waals surface area contributed by atoms with E-state index in [9.17, 15) is 18.0 Å². The molecule has 10 nitrogen and oxygen atoms in total. The van der Waals surface area contributed by atoms with Gasteiger partial charge in [-0.05, 0) is 39.3 Å². The highest BCUT2D eigenvalue weighted by molar-refractivity contribution is 5.74. The fraction of sp³-hybridized carbons (Fsp3) is 0.607. The first-order valence-corrected chi connectivity index (χ1v) is 14.0. The number of pyridine rings is 2. The normalized spacial score (nSPS) is 21.8. The highest BCUT2D eigenvalue weighted by atomic mass is 19.4. The lowest BCUT2D eigenvalue weighted by atomic mass is 9.92. The number of hydrogen-bond acceptors (Lipinski definition) is 9. The molecule has 222 valence electrons. The smallest absolute Gasteiger partial charge is 0.437 e. The molecule has 0 aliphatic carbocycles. The number of amides is 1. The van der Waals surface area contributed by atoms with Gasteiger partial charge in [-0.2, -0.15) is 13.2 Å². The number of rotatable bonds is 3. The lowest BCUT2D eigenvalue weighted by Crippen LogP contribution is -2.52. The van der Waals surface area contributed by atoms with Crippen molar-refractivity contribution in [2.24, 2.45) is 0 Å². The van der Waals surface area contributed by atoms with Crippen molar-refractivity contribution in [3.63, 3.8) is 0 Å². The van der Waals surface area contributed by atoms with E-state index in [0.717, 1.165) is 12.1 Å².